The molecule has 3 rings (SSSR count). The number of aromatic nitrogens is 1. The number of aryl methyl sites for hydroxylation is 1. The zero-order valence-corrected chi connectivity index (χ0v) is 16.9. The Bertz CT molecular complexity index is 1130. The molecule has 0 aliphatic rings. The molecule has 1 heterocycles. The molecule has 0 saturated carbocycles. The van der Waals surface area contributed by atoms with Crippen molar-refractivity contribution in [3.63, 3.8) is 0 Å². The van der Waals surface area contributed by atoms with Gasteiger partial charge in [-0.2, -0.15) is 5.26 Å². The lowest BCUT2D eigenvalue weighted by Gasteiger charge is -2.16. The van der Waals surface area contributed by atoms with Crippen LogP contribution in [0.25, 0.3) is 11.3 Å². The van der Waals surface area contributed by atoms with E-state index in [-0.39, 0.29) is 10.8 Å². The molecule has 1 N–H and O–H groups in total. The molecule has 2 aromatic carbocycles. The van der Waals surface area contributed by atoms with Gasteiger partial charge in [-0.25, -0.2) is 13.4 Å². The van der Waals surface area contributed by atoms with Crippen molar-refractivity contribution in [2.45, 2.75) is 31.6 Å². The zero-order chi connectivity index (χ0) is 19.6. The molecule has 0 fully saturated rings. The van der Waals surface area contributed by atoms with Gasteiger partial charge in [0.2, 0.25) is 0 Å². The van der Waals surface area contributed by atoms with Crippen molar-refractivity contribution in [3.8, 4) is 17.3 Å². The summed E-state index contributed by atoms with van der Waals surface area (Å²) in [6.07, 6.45) is 0. The number of rotatable bonds is 5. The highest BCUT2D eigenvalue weighted by atomic mass is 32.2. The van der Waals surface area contributed by atoms with Crippen molar-refractivity contribution >= 4 is 27.0 Å². The maximum atomic E-state index is 13.1. The number of thiazole rings is 1. The van der Waals surface area contributed by atoms with E-state index in [4.69, 9.17) is 5.26 Å². The third-order valence-electron chi connectivity index (χ3n) is 4.08. The monoisotopic (exact) mass is 397 g/mol. The predicted molar refractivity (Wildman–Crippen MR) is 108 cm³/mol. The van der Waals surface area contributed by atoms with E-state index in [1.165, 1.54) is 17.4 Å². The minimum Gasteiger partial charge on any atom is -0.280 e. The van der Waals surface area contributed by atoms with E-state index in [1.807, 2.05) is 44.4 Å². The van der Waals surface area contributed by atoms with E-state index in [0.29, 0.717) is 11.3 Å². The van der Waals surface area contributed by atoms with Gasteiger partial charge in [0.15, 0.2) is 0 Å². The Kier molecular flexibility index (Phi) is 5.31. The van der Waals surface area contributed by atoms with E-state index >= 15 is 0 Å². The highest BCUT2D eigenvalue weighted by Gasteiger charge is 2.22. The number of anilines is 1. The van der Waals surface area contributed by atoms with Gasteiger partial charge >= 0.3 is 0 Å². The molecule has 0 spiro atoms. The molecule has 1 aromatic heterocycles. The molecule has 138 valence electrons. The fourth-order valence-corrected chi connectivity index (χ4v) is 4.83. The second-order valence-electron chi connectivity index (χ2n) is 6.46. The molecular weight excluding hydrogens is 378 g/mol. The minimum atomic E-state index is -3.82. The third-order valence-corrected chi connectivity index (χ3v) is 6.29. The van der Waals surface area contributed by atoms with Crippen molar-refractivity contribution < 1.29 is 8.42 Å². The molecule has 0 bridgehead atoms. The van der Waals surface area contributed by atoms with E-state index in [1.54, 1.807) is 24.3 Å². The first-order valence-corrected chi connectivity index (χ1v) is 10.8. The van der Waals surface area contributed by atoms with E-state index in [9.17, 15) is 8.42 Å². The van der Waals surface area contributed by atoms with Crippen LogP contribution in [-0.4, -0.2) is 13.4 Å². The van der Waals surface area contributed by atoms with Crippen molar-refractivity contribution in [1.29, 1.82) is 5.26 Å². The van der Waals surface area contributed by atoms with Crippen LogP contribution in [0, 0.1) is 18.3 Å². The summed E-state index contributed by atoms with van der Waals surface area (Å²) in [6, 6.07) is 13.8. The molecule has 0 saturated heterocycles. The molecule has 0 radical (unpaired) electrons. The Hall–Kier alpha value is -2.69. The molecule has 5 nitrogen and oxygen atoms in total. The molecule has 0 atom stereocenters. The van der Waals surface area contributed by atoms with Crippen molar-refractivity contribution in [2.24, 2.45) is 0 Å². The van der Waals surface area contributed by atoms with Gasteiger partial charge in [-0.05, 0) is 42.7 Å². The number of sulfonamides is 1. The number of hydrogen-bond donors (Lipinski definition) is 1. The van der Waals surface area contributed by atoms with Crippen molar-refractivity contribution in [3.05, 3.63) is 64.0 Å². The third kappa shape index (κ3) is 4.18. The van der Waals surface area contributed by atoms with Gasteiger partial charge in [-0.15, -0.1) is 11.3 Å². The van der Waals surface area contributed by atoms with Gasteiger partial charge in [0.1, 0.15) is 0 Å². The normalized spacial score (nSPS) is 11.4. The van der Waals surface area contributed by atoms with Gasteiger partial charge in [0, 0.05) is 10.9 Å². The maximum absolute atomic E-state index is 13.1. The second-order valence-corrected chi connectivity index (χ2v) is 9.17. The summed E-state index contributed by atoms with van der Waals surface area (Å²) in [5.74, 6) is 0.0354. The molecule has 0 amide bonds. The fourth-order valence-electron chi connectivity index (χ4n) is 2.76. The van der Waals surface area contributed by atoms with Crippen LogP contribution in [0.2, 0.25) is 0 Å². The SMILES string of the molecule is Cc1nc(-c2ccc(C(C)C)c(S(=O)(=O)Nc3cccc(C#N)c3)c2)cs1. The van der Waals surface area contributed by atoms with Crippen LogP contribution < -0.4 is 4.72 Å². The summed E-state index contributed by atoms with van der Waals surface area (Å²) in [4.78, 5) is 4.68. The smallest absolute Gasteiger partial charge is 0.262 e. The molecule has 0 aliphatic heterocycles. The highest BCUT2D eigenvalue weighted by molar-refractivity contribution is 7.92. The minimum absolute atomic E-state index is 0.0354. The topological polar surface area (TPSA) is 82.8 Å². The van der Waals surface area contributed by atoms with E-state index in [2.05, 4.69) is 9.71 Å². The summed E-state index contributed by atoms with van der Waals surface area (Å²) in [6.45, 7) is 5.83. The van der Waals surface area contributed by atoms with Crippen molar-refractivity contribution in [2.75, 3.05) is 4.72 Å². The summed E-state index contributed by atoms with van der Waals surface area (Å²) >= 11 is 1.52. The quantitative estimate of drug-likeness (QED) is 0.663. The summed E-state index contributed by atoms with van der Waals surface area (Å²) in [7, 11) is -3.82. The zero-order valence-electron chi connectivity index (χ0n) is 15.2. The van der Waals surface area contributed by atoms with Crippen LogP contribution in [0.3, 0.4) is 0 Å². The molecule has 7 heteroatoms. The molecule has 0 aliphatic carbocycles. The second kappa shape index (κ2) is 7.51. The number of nitrogens with zero attached hydrogens (tertiary/aromatic N) is 2. The van der Waals surface area contributed by atoms with Crippen LogP contribution in [0.1, 0.15) is 35.9 Å². The Morgan fingerprint density at radius 2 is 1.96 bits per heavy atom. The summed E-state index contributed by atoms with van der Waals surface area (Å²) in [5.41, 5.74) is 3.00. The standard InChI is InChI=1S/C20H19N3O2S2/c1-13(2)18-8-7-16(19-12-26-14(3)22-19)10-20(18)27(24,25)23-17-6-4-5-15(9-17)11-21/h4-10,12-13,23H,1-3H3. The van der Waals surface area contributed by atoms with Gasteiger partial charge in [0.25, 0.3) is 10.0 Å². The Morgan fingerprint density at radius 3 is 2.59 bits per heavy atom. The lowest BCUT2D eigenvalue weighted by molar-refractivity contribution is 0.599. The molecular formula is C20H19N3O2S2. The first-order valence-electron chi connectivity index (χ1n) is 8.39. The van der Waals surface area contributed by atoms with Gasteiger partial charge in [0.05, 0.1) is 32.9 Å². The van der Waals surface area contributed by atoms with Crippen LogP contribution >= 0.6 is 11.3 Å². The van der Waals surface area contributed by atoms with Crippen LogP contribution in [0.5, 0.6) is 0 Å². The molecule has 0 unspecified atom stereocenters. The van der Waals surface area contributed by atoms with Crippen LogP contribution in [0.15, 0.2) is 52.7 Å². The largest absolute Gasteiger partial charge is 0.280 e. The number of hydrogen-bond acceptors (Lipinski definition) is 5. The number of nitriles is 1. The predicted octanol–water partition coefficient (Wildman–Crippen LogP) is 4.91. The molecule has 3 aromatic rings. The average Bonchev–Trinajstić information content (AvgIpc) is 3.07. The van der Waals surface area contributed by atoms with Gasteiger partial charge < -0.3 is 0 Å². The van der Waals surface area contributed by atoms with E-state index < -0.39 is 10.0 Å². The first kappa shape index (κ1) is 19.1. The Balaban J connectivity index is 2.07. The van der Waals surface area contributed by atoms with Crippen LogP contribution in [-0.2, 0) is 10.0 Å². The summed E-state index contributed by atoms with van der Waals surface area (Å²) < 4.78 is 28.8. The maximum Gasteiger partial charge on any atom is 0.262 e. The van der Waals surface area contributed by atoms with E-state index in [0.717, 1.165) is 21.8 Å². The Morgan fingerprint density at radius 1 is 1.19 bits per heavy atom. The number of benzene rings is 2. The van der Waals surface area contributed by atoms with Gasteiger partial charge in [-0.3, -0.25) is 4.72 Å². The lowest BCUT2D eigenvalue weighted by atomic mass is 10.0. The van der Waals surface area contributed by atoms with Gasteiger partial charge in [-0.1, -0.05) is 32.0 Å². The molecule has 27 heavy (non-hydrogen) atoms. The average molecular weight is 398 g/mol. The Labute approximate surface area is 163 Å². The number of nitrogens with one attached hydrogen (secondary N) is 1. The summed E-state index contributed by atoms with van der Waals surface area (Å²) in [5, 5.41) is 11.9. The van der Waals surface area contributed by atoms with Crippen molar-refractivity contribution in [1.82, 2.24) is 4.98 Å². The lowest BCUT2D eigenvalue weighted by Crippen LogP contribution is -2.16. The first-order chi connectivity index (χ1) is 12.8. The van der Waals surface area contributed by atoms with Crippen LogP contribution in [0.4, 0.5) is 5.69 Å². The highest BCUT2D eigenvalue weighted by Crippen LogP contribution is 2.31. The fraction of sp³-hybridized carbons (Fsp3) is 0.200.